The standard InChI is InChI=1S/C30H43NO6/c1-18(2)24-13-7-20(5)15-27(24)36-29(32)26(17-22-9-11-23(12-10-22)31(34)35)30(33)37-28-16-21(6)8-14-25(28)19(3)4/h9-12,17-21,24-25,27-28H,7-8,13-16H2,1-6H3. The summed E-state index contributed by atoms with van der Waals surface area (Å²) < 4.78 is 12.0. The molecule has 3 rings (SSSR count). The van der Waals surface area contributed by atoms with E-state index in [2.05, 4.69) is 41.5 Å². The molecule has 0 aliphatic heterocycles. The van der Waals surface area contributed by atoms with Gasteiger partial charge in [-0.25, -0.2) is 9.59 Å². The number of ether oxygens (including phenoxy) is 2. The molecule has 2 aliphatic carbocycles. The molecule has 6 atom stereocenters. The fraction of sp³-hybridized carbons (Fsp3) is 0.667. The molecule has 7 heteroatoms. The lowest BCUT2D eigenvalue weighted by atomic mass is 9.75. The minimum atomic E-state index is -0.682. The second kappa shape index (κ2) is 12.7. The molecule has 0 heterocycles. The summed E-state index contributed by atoms with van der Waals surface area (Å²) in [5.41, 5.74) is 0.287. The fourth-order valence-electron chi connectivity index (χ4n) is 5.96. The molecule has 0 spiro atoms. The Labute approximate surface area is 221 Å². The van der Waals surface area contributed by atoms with Crippen LogP contribution in [-0.4, -0.2) is 29.1 Å². The van der Waals surface area contributed by atoms with Gasteiger partial charge in [0.2, 0.25) is 0 Å². The molecule has 1 aromatic rings. The van der Waals surface area contributed by atoms with Crippen molar-refractivity contribution in [3.8, 4) is 0 Å². The average molecular weight is 514 g/mol. The predicted molar refractivity (Wildman–Crippen MR) is 144 cm³/mol. The van der Waals surface area contributed by atoms with Gasteiger partial charge in [0, 0.05) is 12.1 Å². The number of rotatable bonds is 8. The summed E-state index contributed by atoms with van der Waals surface area (Å²) in [6.07, 6.45) is 6.62. The maximum atomic E-state index is 13.5. The number of benzene rings is 1. The van der Waals surface area contributed by atoms with Crippen LogP contribution in [0.1, 0.15) is 85.6 Å². The lowest BCUT2D eigenvalue weighted by molar-refractivity contribution is -0.384. The molecule has 0 bridgehead atoms. The van der Waals surface area contributed by atoms with Crippen molar-refractivity contribution in [3.63, 3.8) is 0 Å². The van der Waals surface area contributed by atoms with Gasteiger partial charge >= 0.3 is 11.9 Å². The van der Waals surface area contributed by atoms with E-state index in [0.29, 0.717) is 29.2 Å². The minimum Gasteiger partial charge on any atom is -0.458 e. The first-order chi connectivity index (χ1) is 17.5. The van der Waals surface area contributed by atoms with Crippen LogP contribution < -0.4 is 0 Å². The molecule has 6 unspecified atom stereocenters. The Morgan fingerprint density at radius 1 is 0.838 bits per heavy atom. The number of carbonyl (C=O) groups excluding carboxylic acids is 2. The molecular formula is C30H43NO6. The van der Waals surface area contributed by atoms with E-state index in [1.807, 2.05) is 0 Å². The lowest BCUT2D eigenvalue weighted by Crippen LogP contribution is -2.39. The van der Waals surface area contributed by atoms with Crippen LogP contribution in [0.5, 0.6) is 0 Å². The number of non-ortho nitro benzene ring substituents is 1. The van der Waals surface area contributed by atoms with Crippen molar-refractivity contribution in [2.75, 3.05) is 0 Å². The molecule has 2 fully saturated rings. The Kier molecular flexibility index (Phi) is 9.91. The highest BCUT2D eigenvalue weighted by molar-refractivity contribution is 6.17. The molecule has 7 nitrogen and oxygen atoms in total. The Morgan fingerprint density at radius 2 is 1.27 bits per heavy atom. The van der Waals surface area contributed by atoms with Crippen LogP contribution in [-0.2, 0) is 19.1 Å². The molecule has 0 N–H and O–H groups in total. The average Bonchev–Trinajstić information content (AvgIpc) is 2.82. The second-order valence-corrected chi connectivity index (χ2v) is 11.9. The minimum absolute atomic E-state index is 0.0595. The lowest BCUT2D eigenvalue weighted by Gasteiger charge is -2.37. The summed E-state index contributed by atoms with van der Waals surface area (Å²) in [6.45, 7) is 12.9. The molecule has 0 amide bonds. The summed E-state index contributed by atoms with van der Waals surface area (Å²) in [4.78, 5) is 37.6. The Hall–Kier alpha value is -2.70. The van der Waals surface area contributed by atoms with E-state index in [1.54, 1.807) is 0 Å². The number of nitrogens with zero attached hydrogens (tertiary/aromatic N) is 1. The zero-order valence-electron chi connectivity index (χ0n) is 23.1. The molecule has 0 radical (unpaired) electrons. The van der Waals surface area contributed by atoms with Crippen LogP contribution in [0.15, 0.2) is 29.8 Å². The zero-order chi connectivity index (χ0) is 27.3. The van der Waals surface area contributed by atoms with E-state index in [9.17, 15) is 19.7 Å². The van der Waals surface area contributed by atoms with Crippen LogP contribution in [0.25, 0.3) is 6.08 Å². The molecule has 37 heavy (non-hydrogen) atoms. The van der Waals surface area contributed by atoms with Crippen molar-refractivity contribution in [1.29, 1.82) is 0 Å². The number of hydrogen-bond acceptors (Lipinski definition) is 6. The molecule has 204 valence electrons. The Balaban J connectivity index is 1.89. The third-order valence-corrected chi connectivity index (χ3v) is 8.29. The summed E-state index contributed by atoms with van der Waals surface area (Å²) in [5.74, 6) is 0.707. The molecule has 0 saturated heterocycles. The van der Waals surface area contributed by atoms with Gasteiger partial charge in [0.05, 0.1) is 4.92 Å². The number of nitro benzene ring substituents is 1. The summed E-state index contributed by atoms with van der Waals surface area (Å²) >= 11 is 0. The smallest absolute Gasteiger partial charge is 0.345 e. The topological polar surface area (TPSA) is 95.7 Å². The van der Waals surface area contributed by atoms with E-state index in [0.717, 1.165) is 38.5 Å². The summed E-state index contributed by atoms with van der Waals surface area (Å²) in [5, 5.41) is 11.1. The van der Waals surface area contributed by atoms with Crippen LogP contribution in [0, 0.1) is 45.6 Å². The molecular weight excluding hydrogens is 470 g/mol. The van der Waals surface area contributed by atoms with Crippen molar-refractivity contribution in [2.24, 2.45) is 35.5 Å². The number of esters is 2. The van der Waals surface area contributed by atoms with Crippen molar-refractivity contribution in [1.82, 2.24) is 0 Å². The maximum absolute atomic E-state index is 13.5. The van der Waals surface area contributed by atoms with Gasteiger partial charge in [-0.1, -0.05) is 54.4 Å². The van der Waals surface area contributed by atoms with Crippen LogP contribution in [0.2, 0.25) is 0 Å². The Morgan fingerprint density at radius 3 is 1.65 bits per heavy atom. The highest BCUT2D eigenvalue weighted by atomic mass is 16.6. The molecule has 2 saturated carbocycles. The maximum Gasteiger partial charge on any atom is 0.345 e. The van der Waals surface area contributed by atoms with Crippen molar-refractivity contribution in [2.45, 2.75) is 92.3 Å². The third-order valence-electron chi connectivity index (χ3n) is 8.29. The second-order valence-electron chi connectivity index (χ2n) is 11.9. The van der Waals surface area contributed by atoms with Gasteiger partial charge in [0.1, 0.15) is 17.8 Å². The first-order valence-corrected chi connectivity index (χ1v) is 13.8. The van der Waals surface area contributed by atoms with Gasteiger partial charge < -0.3 is 9.47 Å². The largest absolute Gasteiger partial charge is 0.458 e. The van der Waals surface area contributed by atoms with Crippen molar-refractivity contribution >= 4 is 23.7 Å². The van der Waals surface area contributed by atoms with Crippen LogP contribution in [0.4, 0.5) is 5.69 Å². The summed E-state index contributed by atoms with van der Waals surface area (Å²) in [7, 11) is 0. The highest BCUT2D eigenvalue weighted by Gasteiger charge is 2.38. The van der Waals surface area contributed by atoms with E-state index in [1.165, 1.54) is 30.3 Å². The molecule has 2 aliphatic rings. The quantitative estimate of drug-likeness (QED) is 0.0928. The Bertz CT molecular complexity index is 934. The van der Waals surface area contributed by atoms with Gasteiger partial charge in [0.25, 0.3) is 5.69 Å². The monoisotopic (exact) mass is 513 g/mol. The van der Waals surface area contributed by atoms with E-state index in [4.69, 9.17) is 9.47 Å². The van der Waals surface area contributed by atoms with E-state index < -0.39 is 16.9 Å². The zero-order valence-corrected chi connectivity index (χ0v) is 23.1. The van der Waals surface area contributed by atoms with Crippen LogP contribution >= 0.6 is 0 Å². The molecule has 0 aromatic heterocycles. The van der Waals surface area contributed by atoms with Gasteiger partial charge in [0.15, 0.2) is 0 Å². The third kappa shape index (κ3) is 7.65. The van der Waals surface area contributed by atoms with Gasteiger partial charge in [-0.05, 0) is 85.0 Å². The van der Waals surface area contributed by atoms with Crippen LogP contribution in [0.3, 0.4) is 0 Å². The number of nitro groups is 1. The van der Waals surface area contributed by atoms with E-state index >= 15 is 0 Å². The first kappa shape index (κ1) is 28.9. The number of carbonyl (C=O) groups is 2. The van der Waals surface area contributed by atoms with Gasteiger partial charge in [-0.3, -0.25) is 10.1 Å². The normalized spacial score (nSPS) is 28.0. The summed E-state index contributed by atoms with van der Waals surface area (Å²) in [6, 6.07) is 5.76. The predicted octanol–water partition coefficient (Wildman–Crippen LogP) is 6.99. The molecule has 1 aromatic carbocycles. The van der Waals surface area contributed by atoms with Crippen molar-refractivity contribution < 1.29 is 24.0 Å². The van der Waals surface area contributed by atoms with Crippen molar-refractivity contribution in [3.05, 3.63) is 45.5 Å². The highest BCUT2D eigenvalue weighted by Crippen LogP contribution is 2.37. The number of hydrogen-bond donors (Lipinski definition) is 0. The van der Waals surface area contributed by atoms with E-state index in [-0.39, 0.29) is 35.3 Å². The SMILES string of the molecule is CC1CCC(C(C)C)C(OC(=O)C(=Cc2ccc([N+](=O)[O-])cc2)C(=O)OC2CC(C)CCC2C(C)C)C1. The van der Waals surface area contributed by atoms with Gasteiger partial charge in [-0.2, -0.15) is 0 Å². The fourth-order valence-corrected chi connectivity index (χ4v) is 5.96. The first-order valence-electron chi connectivity index (χ1n) is 13.8. The van der Waals surface area contributed by atoms with Gasteiger partial charge in [-0.15, -0.1) is 0 Å².